The van der Waals surface area contributed by atoms with Gasteiger partial charge in [-0.15, -0.1) is 0 Å². The van der Waals surface area contributed by atoms with Crippen molar-refractivity contribution >= 4 is 11.6 Å². The third-order valence-electron chi connectivity index (χ3n) is 4.20. The highest BCUT2D eigenvalue weighted by atomic mass is 16.5. The summed E-state index contributed by atoms with van der Waals surface area (Å²) in [6.07, 6.45) is 3.60. The van der Waals surface area contributed by atoms with E-state index in [0.717, 1.165) is 18.0 Å². The maximum absolute atomic E-state index is 12.5. The molecule has 1 atom stereocenters. The van der Waals surface area contributed by atoms with Crippen LogP contribution in [-0.4, -0.2) is 21.5 Å². The number of carbonyl (C=O) groups excluding carboxylic acids is 1. The molecule has 3 aromatic rings. The molecule has 0 fully saturated rings. The molecule has 0 saturated carbocycles. The lowest BCUT2D eigenvalue weighted by atomic mass is 10.2. The zero-order valence-electron chi connectivity index (χ0n) is 15.6. The molecule has 3 rings (SSSR count). The maximum atomic E-state index is 12.5. The first kappa shape index (κ1) is 18.7. The second kappa shape index (κ2) is 9.00. The van der Waals surface area contributed by atoms with Crippen LogP contribution in [0.2, 0.25) is 0 Å². The van der Waals surface area contributed by atoms with E-state index < -0.39 is 0 Å². The van der Waals surface area contributed by atoms with Crippen LogP contribution in [0.3, 0.4) is 0 Å². The molecular formula is C21H24N4O2. The molecule has 2 aromatic carbocycles. The smallest absolute Gasteiger partial charge is 0.241 e. The Labute approximate surface area is 159 Å². The van der Waals surface area contributed by atoms with Crippen molar-refractivity contribution in [3.8, 4) is 11.5 Å². The summed E-state index contributed by atoms with van der Waals surface area (Å²) in [6, 6.07) is 16.6. The van der Waals surface area contributed by atoms with Crippen LogP contribution >= 0.6 is 0 Å². The van der Waals surface area contributed by atoms with E-state index in [1.54, 1.807) is 6.33 Å². The first-order valence-corrected chi connectivity index (χ1v) is 9.02. The molecule has 0 spiro atoms. The molecule has 6 heteroatoms. The highest BCUT2D eigenvalue weighted by molar-refractivity contribution is 5.94. The van der Waals surface area contributed by atoms with Gasteiger partial charge in [0.25, 0.3) is 0 Å². The van der Waals surface area contributed by atoms with Crippen LogP contribution in [0.5, 0.6) is 11.5 Å². The van der Waals surface area contributed by atoms with E-state index >= 15 is 0 Å². The van der Waals surface area contributed by atoms with Crippen molar-refractivity contribution in [3.05, 3.63) is 72.8 Å². The summed E-state index contributed by atoms with van der Waals surface area (Å²) in [4.78, 5) is 16.6. The SMILES string of the molecule is CCn1cncc1CNC(C)C(=O)Nc1cccc(Oc2ccccc2)c1. The zero-order chi connectivity index (χ0) is 19.1. The van der Waals surface area contributed by atoms with Crippen LogP contribution < -0.4 is 15.4 Å². The standard InChI is InChI=1S/C21H24N4O2/c1-3-25-15-22-13-18(25)14-23-16(2)21(26)24-17-8-7-11-20(12-17)27-19-9-5-4-6-10-19/h4-13,15-16,23H,3,14H2,1-2H3,(H,24,26). The first-order chi connectivity index (χ1) is 13.2. The normalized spacial score (nSPS) is 11.8. The van der Waals surface area contributed by atoms with Crippen LogP contribution in [0, 0.1) is 0 Å². The number of imidazole rings is 1. The summed E-state index contributed by atoms with van der Waals surface area (Å²) in [5.74, 6) is 1.32. The topological polar surface area (TPSA) is 68.2 Å². The van der Waals surface area contributed by atoms with Crippen molar-refractivity contribution in [2.24, 2.45) is 0 Å². The molecule has 0 bridgehead atoms. The van der Waals surface area contributed by atoms with Crippen molar-refractivity contribution in [3.63, 3.8) is 0 Å². The van der Waals surface area contributed by atoms with Gasteiger partial charge in [0.1, 0.15) is 11.5 Å². The fourth-order valence-corrected chi connectivity index (χ4v) is 2.64. The summed E-state index contributed by atoms with van der Waals surface area (Å²) in [5, 5.41) is 6.15. The van der Waals surface area contributed by atoms with Crippen molar-refractivity contribution in [1.82, 2.24) is 14.9 Å². The molecule has 0 aliphatic heterocycles. The van der Waals surface area contributed by atoms with Gasteiger partial charge in [0.05, 0.1) is 18.1 Å². The molecule has 27 heavy (non-hydrogen) atoms. The molecule has 0 aliphatic carbocycles. The van der Waals surface area contributed by atoms with E-state index in [2.05, 4.69) is 22.5 Å². The summed E-state index contributed by atoms with van der Waals surface area (Å²) in [7, 11) is 0. The quantitative estimate of drug-likeness (QED) is 0.638. The summed E-state index contributed by atoms with van der Waals surface area (Å²) in [6.45, 7) is 5.34. The minimum absolute atomic E-state index is 0.102. The second-order valence-corrected chi connectivity index (χ2v) is 6.21. The lowest BCUT2D eigenvalue weighted by Gasteiger charge is -2.15. The monoisotopic (exact) mass is 364 g/mol. The van der Waals surface area contributed by atoms with Gasteiger partial charge < -0.3 is 19.9 Å². The lowest BCUT2D eigenvalue weighted by molar-refractivity contribution is -0.117. The number of hydrogen-bond acceptors (Lipinski definition) is 4. The first-order valence-electron chi connectivity index (χ1n) is 9.02. The Morgan fingerprint density at radius 2 is 1.93 bits per heavy atom. The number of nitrogens with zero attached hydrogens (tertiary/aromatic N) is 2. The number of nitrogens with one attached hydrogen (secondary N) is 2. The maximum Gasteiger partial charge on any atom is 0.241 e. The average Bonchev–Trinajstić information content (AvgIpc) is 3.14. The number of hydrogen-bond donors (Lipinski definition) is 2. The number of para-hydroxylation sites is 1. The Kier molecular flexibility index (Phi) is 6.22. The Bertz CT molecular complexity index is 877. The van der Waals surface area contributed by atoms with Gasteiger partial charge in [0.15, 0.2) is 0 Å². The van der Waals surface area contributed by atoms with E-state index in [0.29, 0.717) is 18.0 Å². The van der Waals surface area contributed by atoms with Gasteiger partial charge in [-0.05, 0) is 38.1 Å². The Morgan fingerprint density at radius 3 is 2.70 bits per heavy atom. The Hall–Kier alpha value is -3.12. The number of ether oxygens (including phenoxy) is 1. The van der Waals surface area contributed by atoms with E-state index in [9.17, 15) is 4.79 Å². The van der Waals surface area contributed by atoms with Crippen LogP contribution in [-0.2, 0) is 17.9 Å². The Balaban J connectivity index is 1.56. The van der Waals surface area contributed by atoms with Crippen LogP contribution in [0.1, 0.15) is 19.5 Å². The van der Waals surface area contributed by atoms with Crippen molar-refractivity contribution < 1.29 is 9.53 Å². The fraction of sp³-hybridized carbons (Fsp3) is 0.238. The molecule has 0 saturated heterocycles. The van der Waals surface area contributed by atoms with Crippen molar-refractivity contribution in [2.75, 3.05) is 5.32 Å². The number of anilines is 1. The summed E-state index contributed by atoms with van der Waals surface area (Å²) >= 11 is 0. The number of carbonyl (C=O) groups is 1. The molecule has 1 heterocycles. The number of rotatable bonds is 8. The highest BCUT2D eigenvalue weighted by Gasteiger charge is 2.13. The predicted octanol–water partition coefficient (Wildman–Crippen LogP) is 3.81. The molecule has 0 aliphatic rings. The van der Waals surface area contributed by atoms with Gasteiger partial charge in [0.2, 0.25) is 5.91 Å². The zero-order valence-corrected chi connectivity index (χ0v) is 15.6. The van der Waals surface area contributed by atoms with Crippen LogP contribution in [0.4, 0.5) is 5.69 Å². The molecule has 1 aromatic heterocycles. The molecule has 0 radical (unpaired) electrons. The van der Waals surface area contributed by atoms with Crippen molar-refractivity contribution in [2.45, 2.75) is 33.0 Å². The number of aromatic nitrogens is 2. The highest BCUT2D eigenvalue weighted by Crippen LogP contribution is 2.23. The van der Waals surface area contributed by atoms with Gasteiger partial charge in [-0.25, -0.2) is 4.98 Å². The van der Waals surface area contributed by atoms with Crippen molar-refractivity contribution in [1.29, 1.82) is 0 Å². The molecule has 2 N–H and O–H groups in total. The van der Waals surface area contributed by atoms with Gasteiger partial charge >= 0.3 is 0 Å². The molecule has 1 unspecified atom stereocenters. The third kappa shape index (κ3) is 5.18. The molecular weight excluding hydrogens is 340 g/mol. The molecule has 1 amide bonds. The second-order valence-electron chi connectivity index (χ2n) is 6.21. The molecule has 140 valence electrons. The lowest BCUT2D eigenvalue weighted by Crippen LogP contribution is -2.38. The van der Waals surface area contributed by atoms with Crippen LogP contribution in [0.25, 0.3) is 0 Å². The van der Waals surface area contributed by atoms with E-state index in [1.165, 1.54) is 0 Å². The number of amides is 1. The average molecular weight is 364 g/mol. The number of aryl methyl sites for hydroxylation is 1. The largest absolute Gasteiger partial charge is 0.457 e. The van der Waals surface area contributed by atoms with Gasteiger partial charge in [-0.2, -0.15) is 0 Å². The molecule has 6 nitrogen and oxygen atoms in total. The van der Waals surface area contributed by atoms with Gasteiger partial charge in [-0.3, -0.25) is 4.79 Å². The predicted molar refractivity (Wildman–Crippen MR) is 106 cm³/mol. The van der Waals surface area contributed by atoms with E-state index in [-0.39, 0.29) is 11.9 Å². The minimum atomic E-state index is -0.344. The van der Waals surface area contributed by atoms with Gasteiger partial charge in [-0.1, -0.05) is 24.3 Å². The van der Waals surface area contributed by atoms with Crippen LogP contribution in [0.15, 0.2) is 67.1 Å². The summed E-state index contributed by atoms with van der Waals surface area (Å²) in [5.41, 5.74) is 1.75. The minimum Gasteiger partial charge on any atom is -0.457 e. The Morgan fingerprint density at radius 1 is 1.15 bits per heavy atom. The number of benzene rings is 2. The summed E-state index contributed by atoms with van der Waals surface area (Å²) < 4.78 is 7.85. The fourth-order valence-electron chi connectivity index (χ4n) is 2.64. The van der Waals surface area contributed by atoms with Gasteiger partial charge in [0, 0.05) is 31.0 Å². The van der Waals surface area contributed by atoms with E-state index in [1.807, 2.05) is 72.3 Å². The van der Waals surface area contributed by atoms with E-state index in [4.69, 9.17) is 4.74 Å². The third-order valence-corrected chi connectivity index (χ3v) is 4.20.